The third-order valence-corrected chi connectivity index (χ3v) is 2.05. The minimum absolute atomic E-state index is 0.0914. The van der Waals surface area contributed by atoms with Crippen LogP contribution in [0.3, 0.4) is 0 Å². The van der Waals surface area contributed by atoms with Crippen LogP contribution in [0.1, 0.15) is 18.7 Å². The molecule has 0 radical (unpaired) electrons. The Labute approximate surface area is 85.5 Å². The molecule has 4 nitrogen and oxygen atoms in total. The molecule has 1 heterocycles. The van der Waals surface area contributed by atoms with Crippen molar-refractivity contribution in [2.24, 2.45) is 5.84 Å². The van der Waals surface area contributed by atoms with Crippen LogP contribution in [-0.2, 0) is 4.74 Å². The van der Waals surface area contributed by atoms with Gasteiger partial charge in [-0.05, 0) is 35.0 Å². The molecular formula is C8H13BrN2O2. The lowest BCUT2D eigenvalue weighted by Gasteiger charge is -2.12. The fourth-order valence-corrected chi connectivity index (χ4v) is 1.28. The van der Waals surface area contributed by atoms with Gasteiger partial charge in [-0.2, -0.15) is 0 Å². The first kappa shape index (κ1) is 10.7. The minimum Gasteiger partial charge on any atom is -0.453 e. The first-order chi connectivity index (χ1) is 6.27. The van der Waals surface area contributed by atoms with Crippen LogP contribution in [0, 0.1) is 0 Å². The van der Waals surface area contributed by atoms with Crippen molar-refractivity contribution in [3.63, 3.8) is 0 Å². The molecule has 0 spiro atoms. The second-order valence-corrected chi connectivity index (χ2v) is 3.30. The number of rotatable bonds is 5. The highest BCUT2D eigenvalue weighted by Crippen LogP contribution is 2.19. The van der Waals surface area contributed by atoms with E-state index in [9.17, 15) is 0 Å². The lowest BCUT2D eigenvalue weighted by Crippen LogP contribution is -2.31. The van der Waals surface area contributed by atoms with Crippen LogP contribution in [0.15, 0.2) is 21.2 Å². The van der Waals surface area contributed by atoms with E-state index in [1.54, 1.807) is 0 Å². The molecule has 1 unspecified atom stereocenters. The van der Waals surface area contributed by atoms with E-state index in [0.717, 1.165) is 5.76 Å². The average molecular weight is 249 g/mol. The van der Waals surface area contributed by atoms with E-state index in [4.69, 9.17) is 15.0 Å². The molecule has 74 valence electrons. The van der Waals surface area contributed by atoms with E-state index >= 15 is 0 Å². The Hall–Kier alpha value is -0.360. The van der Waals surface area contributed by atoms with Crippen molar-refractivity contribution in [3.8, 4) is 0 Å². The molecule has 0 aromatic carbocycles. The molecule has 3 N–H and O–H groups in total. The number of hydrogen-bond donors (Lipinski definition) is 2. The van der Waals surface area contributed by atoms with Crippen LogP contribution in [0.5, 0.6) is 0 Å². The van der Waals surface area contributed by atoms with Crippen molar-refractivity contribution in [3.05, 3.63) is 22.6 Å². The molecule has 0 saturated carbocycles. The van der Waals surface area contributed by atoms with E-state index in [1.807, 2.05) is 19.1 Å². The van der Waals surface area contributed by atoms with Gasteiger partial charge in [0, 0.05) is 6.61 Å². The average Bonchev–Trinajstić information content (AvgIpc) is 2.54. The van der Waals surface area contributed by atoms with Crippen LogP contribution in [-0.4, -0.2) is 13.2 Å². The highest BCUT2D eigenvalue weighted by molar-refractivity contribution is 9.10. The van der Waals surface area contributed by atoms with E-state index in [0.29, 0.717) is 17.9 Å². The van der Waals surface area contributed by atoms with Gasteiger partial charge < -0.3 is 9.15 Å². The molecule has 0 fully saturated rings. The third-order valence-electron chi connectivity index (χ3n) is 1.63. The Morgan fingerprint density at radius 3 is 2.92 bits per heavy atom. The summed E-state index contributed by atoms with van der Waals surface area (Å²) in [6.07, 6.45) is 0. The molecule has 0 bridgehead atoms. The van der Waals surface area contributed by atoms with Gasteiger partial charge in [0.15, 0.2) is 4.67 Å². The number of furan rings is 1. The Kier molecular flexibility index (Phi) is 4.44. The maximum absolute atomic E-state index is 5.35. The van der Waals surface area contributed by atoms with E-state index in [1.165, 1.54) is 0 Å². The van der Waals surface area contributed by atoms with E-state index in [2.05, 4.69) is 21.4 Å². The van der Waals surface area contributed by atoms with Gasteiger partial charge in [-0.3, -0.25) is 5.84 Å². The van der Waals surface area contributed by atoms with Gasteiger partial charge in [0.1, 0.15) is 11.8 Å². The smallest absolute Gasteiger partial charge is 0.169 e. The van der Waals surface area contributed by atoms with Crippen LogP contribution in [0.25, 0.3) is 0 Å². The van der Waals surface area contributed by atoms with Crippen LogP contribution >= 0.6 is 15.9 Å². The molecule has 0 aliphatic rings. The SMILES string of the molecule is CCOCC(NN)c1ccc(Br)o1. The van der Waals surface area contributed by atoms with Crippen molar-refractivity contribution >= 4 is 15.9 Å². The van der Waals surface area contributed by atoms with Gasteiger partial charge in [-0.25, -0.2) is 5.43 Å². The quantitative estimate of drug-likeness (QED) is 0.614. The maximum atomic E-state index is 5.35. The predicted octanol–water partition coefficient (Wildman–Crippen LogP) is 1.58. The standard InChI is InChI=1S/C8H13BrN2O2/c1-2-12-5-6(11-10)7-3-4-8(9)13-7/h3-4,6,11H,2,5,10H2,1H3. The zero-order valence-corrected chi connectivity index (χ0v) is 9.00. The van der Waals surface area contributed by atoms with Gasteiger partial charge in [-0.15, -0.1) is 0 Å². The van der Waals surface area contributed by atoms with E-state index in [-0.39, 0.29) is 6.04 Å². The fraction of sp³-hybridized carbons (Fsp3) is 0.500. The summed E-state index contributed by atoms with van der Waals surface area (Å²) < 4.78 is 11.3. The first-order valence-corrected chi connectivity index (χ1v) is 4.86. The van der Waals surface area contributed by atoms with Crippen molar-refractivity contribution in [1.82, 2.24) is 5.43 Å². The number of ether oxygens (including phenoxy) is 1. The Morgan fingerprint density at radius 2 is 2.46 bits per heavy atom. The Morgan fingerprint density at radius 1 is 1.69 bits per heavy atom. The lowest BCUT2D eigenvalue weighted by molar-refractivity contribution is 0.116. The van der Waals surface area contributed by atoms with Gasteiger partial charge in [0.2, 0.25) is 0 Å². The molecule has 1 aromatic heterocycles. The van der Waals surface area contributed by atoms with Crippen molar-refractivity contribution in [2.75, 3.05) is 13.2 Å². The topological polar surface area (TPSA) is 60.4 Å². The molecule has 0 aliphatic carbocycles. The lowest BCUT2D eigenvalue weighted by atomic mass is 10.2. The Balaban J connectivity index is 2.56. The summed E-state index contributed by atoms with van der Waals surface area (Å²) in [5.41, 5.74) is 2.63. The molecule has 1 rings (SSSR count). The molecule has 5 heteroatoms. The zero-order chi connectivity index (χ0) is 9.68. The van der Waals surface area contributed by atoms with Gasteiger partial charge >= 0.3 is 0 Å². The molecule has 1 aromatic rings. The Bertz CT molecular complexity index is 252. The highest BCUT2D eigenvalue weighted by atomic mass is 79.9. The summed E-state index contributed by atoms with van der Waals surface area (Å²) in [6.45, 7) is 3.11. The summed E-state index contributed by atoms with van der Waals surface area (Å²) in [7, 11) is 0. The third kappa shape index (κ3) is 3.11. The van der Waals surface area contributed by atoms with Crippen molar-refractivity contribution in [1.29, 1.82) is 0 Å². The summed E-state index contributed by atoms with van der Waals surface area (Å²) in [5, 5.41) is 0. The second kappa shape index (κ2) is 5.39. The summed E-state index contributed by atoms with van der Waals surface area (Å²) in [6, 6.07) is 3.59. The van der Waals surface area contributed by atoms with Gasteiger partial charge in [-0.1, -0.05) is 0 Å². The van der Waals surface area contributed by atoms with Gasteiger partial charge in [0.25, 0.3) is 0 Å². The number of nitrogens with two attached hydrogens (primary N) is 1. The van der Waals surface area contributed by atoms with Crippen LogP contribution < -0.4 is 11.3 Å². The summed E-state index contributed by atoms with van der Waals surface area (Å²) in [4.78, 5) is 0. The summed E-state index contributed by atoms with van der Waals surface area (Å²) >= 11 is 3.22. The summed E-state index contributed by atoms with van der Waals surface area (Å²) in [5.74, 6) is 6.12. The van der Waals surface area contributed by atoms with Crippen molar-refractivity contribution in [2.45, 2.75) is 13.0 Å². The fourth-order valence-electron chi connectivity index (χ4n) is 0.964. The number of nitrogens with one attached hydrogen (secondary N) is 1. The van der Waals surface area contributed by atoms with Crippen LogP contribution in [0.4, 0.5) is 0 Å². The number of hydrazine groups is 1. The van der Waals surface area contributed by atoms with E-state index < -0.39 is 0 Å². The molecule has 0 amide bonds. The highest BCUT2D eigenvalue weighted by Gasteiger charge is 2.13. The normalized spacial score (nSPS) is 13.2. The van der Waals surface area contributed by atoms with Gasteiger partial charge in [0.05, 0.1) is 6.61 Å². The molecule has 13 heavy (non-hydrogen) atoms. The largest absolute Gasteiger partial charge is 0.453 e. The zero-order valence-electron chi connectivity index (χ0n) is 7.42. The monoisotopic (exact) mass is 248 g/mol. The molecule has 0 aliphatic heterocycles. The maximum Gasteiger partial charge on any atom is 0.169 e. The van der Waals surface area contributed by atoms with Crippen LogP contribution in [0.2, 0.25) is 0 Å². The second-order valence-electron chi connectivity index (χ2n) is 2.52. The number of halogens is 1. The minimum atomic E-state index is -0.0914. The number of hydrogen-bond acceptors (Lipinski definition) is 4. The molecule has 0 saturated heterocycles. The molecular weight excluding hydrogens is 236 g/mol. The molecule has 1 atom stereocenters. The predicted molar refractivity (Wildman–Crippen MR) is 53.0 cm³/mol. The first-order valence-electron chi connectivity index (χ1n) is 4.07. The van der Waals surface area contributed by atoms with Crippen molar-refractivity contribution < 1.29 is 9.15 Å².